The fourth-order valence-electron chi connectivity index (χ4n) is 1.43. The van der Waals surface area contributed by atoms with E-state index in [-0.39, 0.29) is 23.5 Å². The van der Waals surface area contributed by atoms with Crippen molar-refractivity contribution in [2.24, 2.45) is 0 Å². The van der Waals surface area contributed by atoms with Crippen LogP contribution in [0.15, 0.2) is 18.2 Å². The number of para-hydroxylation sites is 1. The van der Waals surface area contributed by atoms with Crippen LogP contribution in [-0.4, -0.2) is 12.9 Å². The molecule has 4 heteroatoms. The summed E-state index contributed by atoms with van der Waals surface area (Å²) in [5.74, 6) is 0.0300. The van der Waals surface area contributed by atoms with Gasteiger partial charge in [-0.25, -0.2) is 8.78 Å². The van der Waals surface area contributed by atoms with Gasteiger partial charge < -0.3 is 4.74 Å². The first kappa shape index (κ1) is 11.6. The maximum atomic E-state index is 12.6. The van der Waals surface area contributed by atoms with Crippen LogP contribution < -0.4 is 4.74 Å². The van der Waals surface area contributed by atoms with E-state index in [1.807, 2.05) is 0 Å². The summed E-state index contributed by atoms with van der Waals surface area (Å²) >= 11 is 0. The second-order valence-electron chi connectivity index (χ2n) is 3.22. The summed E-state index contributed by atoms with van der Waals surface area (Å²) in [4.78, 5) is 10.9. The fraction of sp³-hybridized carbons (Fsp3) is 0.364. The number of carbonyl (C=O) groups excluding carboxylic acids is 1. The van der Waals surface area contributed by atoms with Gasteiger partial charge in [0, 0.05) is 12.0 Å². The topological polar surface area (TPSA) is 26.3 Å². The quantitative estimate of drug-likeness (QED) is 0.770. The van der Waals surface area contributed by atoms with Crippen LogP contribution in [0.3, 0.4) is 0 Å². The number of hydrogen-bond acceptors (Lipinski definition) is 2. The number of hydrogen-bond donors (Lipinski definition) is 0. The van der Waals surface area contributed by atoms with Crippen molar-refractivity contribution >= 4 is 5.78 Å². The van der Waals surface area contributed by atoms with Gasteiger partial charge in [0.05, 0.1) is 12.7 Å². The van der Waals surface area contributed by atoms with Gasteiger partial charge in [-0.2, -0.15) is 0 Å². The maximum absolute atomic E-state index is 12.6. The highest BCUT2D eigenvalue weighted by molar-refractivity contribution is 5.79. The number of halogens is 2. The molecule has 0 heterocycles. The van der Waals surface area contributed by atoms with Gasteiger partial charge in [-0.1, -0.05) is 12.1 Å². The molecule has 0 atom stereocenters. The molecule has 0 N–H and O–H groups in total. The Morgan fingerprint density at radius 1 is 1.47 bits per heavy atom. The molecule has 0 saturated carbocycles. The van der Waals surface area contributed by atoms with Crippen molar-refractivity contribution in [3.05, 3.63) is 29.3 Å². The van der Waals surface area contributed by atoms with Gasteiger partial charge in [-0.15, -0.1) is 0 Å². The van der Waals surface area contributed by atoms with E-state index in [9.17, 15) is 13.6 Å². The minimum atomic E-state index is -2.59. The minimum Gasteiger partial charge on any atom is -0.496 e. The highest BCUT2D eigenvalue weighted by Crippen LogP contribution is 2.32. The summed E-state index contributed by atoms with van der Waals surface area (Å²) in [5.41, 5.74) is 0.332. The molecule has 0 fully saturated rings. The van der Waals surface area contributed by atoms with Crippen LogP contribution in [-0.2, 0) is 11.2 Å². The summed E-state index contributed by atoms with van der Waals surface area (Å²) in [7, 11) is 1.32. The van der Waals surface area contributed by atoms with E-state index >= 15 is 0 Å². The third-order valence-corrected chi connectivity index (χ3v) is 2.01. The molecule has 0 saturated heterocycles. The minimum absolute atomic E-state index is 0.0836. The first-order valence-corrected chi connectivity index (χ1v) is 4.49. The Morgan fingerprint density at radius 3 is 2.60 bits per heavy atom. The predicted molar refractivity (Wildman–Crippen MR) is 52.3 cm³/mol. The van der Waals surface area contributed by atoms with Crippen molar-refractivity contribution in [2.45, 2.75) is 19.8 Å². The second-order valence-corrected chi connectivity index (χ2v) is 3.22. The number of methoxy groups -OCH3 is 1. The molecule has 15 heavy (non-hydrogen) atoms. The SMILES string of the molecule is COc1c(CC(C)=O)cccc1C(F)F. The third-order valence-electron chi connectivity index (χ3n) is 2.01. The van der Waals surface area contributed by atoms with E-state index < -0.39 is 6.43 Å². The zero-order valence-electron chi connectivity index (χ0n) is 8.59. The molecular weight excluding hydrogens is 202 g/mol. The monoisotopic (exact) mass is 214 g/mol. The van der Waals surface area contributed by atoms with E-state index in [4.69, 9.17) is 4.74 Å². The van der Waals surface area contributed by atoms with Crippen molar-refractivity contribution in [3.8, 4) is 5.75 Å². The Labute approximate surface area is 86.9 Å². The Morgan fingerprint density at radius 2 is 2.13 bits per heavy atom. The van der Waals surface area contributed by atoms with E-state index in [1.54, 1.807) is 6.07 Å². The number of carbonyl (C=O) groups is 1. The first-order valence-electron chi connectivity index (χ1n) is 4.49. The standard InChI is InChI=1S/C11H12F2O2/c1-7(14)6-8-4-3-5-9(11(12)13)10(8)15-2/h3-5,11H,6H2,1-2H3. The van der Waals surface area contributed by atoms with Crippen LogP contribution in [0.4, 0.5) is 8.78 Å². The smallest absolute Gasteiger partial charge is 0.267 e. The van der Waals surface area contributed by atoms with Crippen LogP contribution in [0, 0.1) is 0 Å². The average Bonchev–Trinajstić information content (AvgIpc) is 2.16. The van der Waals surface area contributed by atoms with Crippen molar-refractivity contribution in [1.82, 2.24) is 0 Å². The average molecular weight is 214 g/mol. The summed E-state index contributed by atoms with van der Waals surface area (Å²) < 4.78 is 30.0. The number of Topliss-reactive ketones (excluding diaryl/α,β-unsaturated/α-hetero) is 1. The Hall–Kier alpha value is -1.45. The lowest BCUT2D eigenvalue weighted by Crippen LogP contribution is -2.02. The first-order chi connectivity index (χ1) is 7.06. The number of ether oxygens (including phenoxy) is 1. The maximum Gasteiger partial charge on any atom is 0.267 e. The number of alkyl halides is 2. The molecule has 0 aliphatic heterocycles. The third kappa shape index (κ3) is 2.75. The second kappa shape index (κ2) is 4.87. The molecular formula is C11H12F2O2. The van der Waals surface area contributed by atoms with Gasteiger partial charge >= 0.3 is 0 Å². The van der Waals surface area contributed by atoms with Crippen LogP contribution in [0.2, 0.25) is 0 Å². The van der Waals surface area contributed by atoms with Gasteiger partial charge in [0.25, 0.3) is 6.43 Å². The number of rotatable bonds is 4. The molecule has 0 aromatic heterocycles. The molecule has 1 aromatic rings. The molecule has 82 valence electrons. The van der Waals surface area contributed by atoms with Crippen molar-refractivity contribution < 1.29 is 18.3 Å². The molecule has 0 spiro atoms. The lowest BCUT2D eigenvalue weighted by molar-refractivity contribution is -0.116. The zero-order chi connectivity index (χ0) is 11.4. The summed E-state index contributed by atoms with van der Waals surface area (Å²) in [5, 5.41) is 0. The molecule has 0 bridgehead atoms. The van der Waals surface area contributed by atoms with Crippen molar-refractivity contribution in [1.29, 1.82) is 0 Å². The molecule has 1 aromatic carbocycles. The Bertz CT molecular complexity index is 362. The van der Waals surface area contributed by atoms with E-state index in [1.165, 1.54) is 26.2 Å². The molecule has 0 unspecified atom stereocenters. The summed E-state index contributed by atoms with van der Waals surface area (Å²) in [6.07, 6.45) is -2.48. The highest BCUT2D eigenvalue weighted by Gasteiger charge is 2.17. The van der Waals surface area contributed by atoms with Crippen molar-refractivity contribution in [2.75, 3.05) is 7.11 Å². The molecule has 2 nitrogen and oxygen atoms in total. The molecule has 1 rings (SSSR count). The molecule has 0 amide bonds. The molecule has 0 radical (unpaired) electrons. The van der Waals surface area contributed by atoms with Crippen LogP contribution >= 0.6 is 0 Å². The largest absolute Gasteiger partial charge is 0.496 e. The van der Waals surface area contributed by atoms with Crippen LogP contribution in [0.1, 0.15) is 24.5 Å². The predicted octanol–water partition coefficient (Wildman–Crippen LogP) is 2.76. The highest BCUT2D eigenvalue weighted by atomic mass is 19.3. The van der Waals surface area contributed by atoms with Gasteiger partial charge in [0.15, 0.2) is 0 Å². The fourth-order valence-corrected chi connectivity index (χ4v) is 1.43. The van der Waals surface area contributed by atoms with Gasteiger partial charge in [-0.05, 0) is 13.0 Å². The number of ketones is 1. The summed E-state index contributed by atoms with van der Waals surface area (Å²) in [6.45, 7) is 1.41. The zero-order valence-corrected chi connectivity index (χ0v) is 8.59. The van der Waals surface area contributed by atoms with E-state index in [0.717, 1.165) is 0 Å². The summed E-state index contributed by atoms with van der Waals surface area (Å²) in [6, 6.07) is 4.42. The lowest BCUT2D eigenvalue weighted by atomic mass is 10.0. The van der Waals surface area contributed by atoms with Gasteiger partial charge in [0.1, 0.15) is 11.5 Å². The Balaban J connectivity index is 3.15. The Kier molecular flexibility index (Phi) is 3.77. The van der Waals surface area contributed by atoms with Crippen molar-refractivity contribution in [3.63, 3.8) is 0 Å². The number of benzene rings is 1. The van der Waals surface area contributed by atoms with Gasteiger partial charge in [-0.3, -0.25) is 4.79 Å². The van der Waals surface area contributed by atoms with E-state index in [2.05, 4.69) is 0 Å². The lowest BCUT2D eigenvalue weighted by Gasteiger charge is -2.11. The normalized spacial score (nSPS) is 10.5. The van der Waals surface area contributed by atoms with E-state index in [0.29, 0.717) is 5.56 Å². The molecule has 0 aliphatic rings. The van der Waals surface area contributed by atoms with Crippen LogP contribution in [0.5, 0.6) is 5.75 Å². The van der Waals surface area contributed by atoms with Gasteiger partial charge in [0.2, 0.25) is 0 Å². The molecule has 0 aliphatic carbocycles. The van der Waals surface area contributed by atoms with Crippen LogP contribution in [0.25, 0.3) is 0 Å².